The number of rotatable bonds is 5. The fourth-order valence-electron chi connectivity index (χ4n) is 3.09. The summed E-state index contributed by atoms with van der Waals surface area (Å²) < 4.78 is 19.5. The zero-order chi connectivity index (χ0) is 19.3. The van der Waals surface area contributed by atoms with Gasteiger partial charge in [0, 0.05) is 31.7 Å². The van der Waals surface area contributed by atoms with Gasteiger partial charge in [-0.3, -0.25) is 4.79 Å². The number of hydrogen-bond acceptors (Lipinski definition) is 6. The topological polar surface area (TPSA) is 62.5 Å². The maximum Gasteiger partial charge on any atom is 0.277 e. The fraction of sp³-hybridized carbons (Fsp3) is 0.250. The number of halogens is 1. The van der Waals surface area contributed by atoms with E-state index in [1.54, 1.807) is 17.0 Å². The third-order valence-corrected chi connectivity index (χ3v) is 5.38. The molecule has 2 heterocycles. The molecule has 0 radical (unpaired) electrons. The Kier molecular flexibility index (Phi) is 5.57. The lowest BCUT2D eigenvalue weighted by atomic mass is 10.2. The summed E-state index contributed by atoms with van der Waals surface area (Å²) in [6.07, 6.45) is 0. The molecule has 4 rings (SSSR count). The molecule has 0 bridgehead atoms. The minimum Gasteiger partial charge on any atom is -0.411 e. The SMILES string of the molecule is O=C(CSc1nnc(-c2ccccc2)o1)N1CCN(c2ccccc2F)CC1. The van der Waals surface area contributed by atoms with Gasteiger partial charge >= 0.3 is 0 Å². The third kappa shape index (κ3) is 4.17. The van der Waals surface area contributed by atoms with Crippen LogP contribution in [0.2, 0.25) is 0 Å². The Morgan fingerprint density at radius 2 is 1.71 bits per heavy atom. The van der Waals surface area contributed by atoms with E-state index in [4.69, 9.17) is 4.42 Å². The largest absolute Gasteiger partial charge is 0.411 e. The predicted octanol–water partition coefficient (Wildman–Crippen LogP) is 3.32. The fourth-order valence-corrected chi connectivity index (χ4v) is 3.75. The Bertz CT molecular complexity index is 942. The summed E-state index contributed by atoms with van der Waals surface area (Å²) >= 11 is 1.23. The molecule has 1 aliphatic rings. The molecule has 0 aliphatic carbocycles. The first-order chi connectivity index (χ1) is 13.7. The highest BCUT2D eigenvalue weighted by molar-refractivity contribution is 7.99. The molecule has 1 aromatic heterocycles. The summed E-state index contributed by atoms with van der Waals surface area (Å²) in [7, 11) is 0. The van der Waals surface area contributed by atoms with Crippen LogP contribution in [0.15, 0.2) is 64.2 Å². The number of carbonyl (C=O) groups is 1. The number of anilines is 1. The molecule has 0 spiro atoms. The maximum absolute atomic E-state index is 13.9. The van der Waals surface area contributed by atoms with Crippen LogP contribution >= 0.6 is 11.8 Å². The van der Waals surface area contributed by atoms with Crippen molar-refractivity contribution in [3.63, 3.8) is 0 Å². The molecule has 0 saturated carbocycles. The van der Waals surface area contributed by atoms with Gasteiger partial charge in [-0.15, -0.1) is 10.2 Å². The predicted molar refractivity (Wildman–Crippen MR) is 106 cm³/mol. The summed E-state index contributed by atoms with van der Waals surface area (Å²) in [5.74, 6) is 0.450. The van der Waals surface area contributed by atoms with Gasteiger partial charge < -0.3 is 14.2 Å². The lowest BCUT2D eigenvalue weighted by Gasteiger charge is -2.36. The average Bonchev–Trinajstić information content (AvgIpc) is 3.22. The molecule has 1 saturated heterocycles. The van der Waals surface area contributed by atoms with Gasteiger partial charge in [-0.05, 0) is 24.3 Å². The summed E-state index contributed by atoms with van der Waals surface area (Å²) in [6, 6.07) is 16.2. The Hall–Kier alpha value is -2.87. The molecule has 8 heteroatoms. The van der Waals surface area contributed by atoms with Gasteiger partial charge in [0.1, 0.15) is 5.82 Å². The van der Waals surface area contributed by atoms with Crippen molar-refractivity contribution in [1.82, 2.24) is 15.1 Å². The van der Waals surface area contributed by atoms with Crippen LogP contribution in [0.25, 0.3) is 11.5 Å². The van der Waals surface area contributed by atoms with Gasteiger partial charge in [0.2, 0.25) is 11.8 Å². The van der Waals surface area contributed by atoms with Crippen molar-refractivity contribution in [2.24, 2.45) is 0 Å². The number of para-hydroxylation sites is 1. The standard InChI is InChI=1S/C20H19FN4O2S/c21-16-8-4-5-9-17(16)24-10-12-25(13-11-24)18(26)14-28-20-23-22-19(27-20)15-6-2-1-3-7-15/h1-9H,10-14H2. The van der Waals surface area contributed by atoms with Crippen LogP contribution in [0.4, 0.5) is 10.1 Å². The number of amides is 1. The van der Waals surface area contributed by atoms with Gasteiger partial charge in [0.05, 0.1) is 11.4 Å². The van der Waals surface area contributed by atoms with Gasteiger partial charge in [0.25, 0.3) is 5.22 Å². The van der Waals surface area contributed by atoms with E-state index in [1.807, 2.05) is 41.3 Å². The molecule has 1 amide bonds. The van der Waals surface area contributed by atoms with E-state index < -0.39 is 0 Å². The van der Waals surface area contributed by atoms with Crippen molar-refractivity contribution >= 4 is 23.4 Å². The minimum atomic E-state index is -0.233. The molecule has 1 fully saturated rings. The van der Waals surface area contributed by atoms with Gasteiger partial charge in [-0.25, -0.2) is 4.39 Å². The second-order valence-electron chi connectivity index (χ2n) is 6.35. The number of nitrogens with zero attached hydrogens (tertiary/aromatic N) is 4. The summed E-state index contributed by atoms with van der Waals surface area (Å²) in [5.41, 5.74) is 1.43. The number of thioether (sulfide) groups is 1. The molecule has 1 aliphatic heterocycles. The molecule has 28 heavy (non-hydrogen) atoms. The van der Waals surface area contributed by atoms with Crippen molar-refractivity contribution in [1.29, 1.82) is 0 Å². The first kappa shape index (κ1) is 18.5. The Labute approximate surface area is 166 Å². The lowest BCUT2D eigenvalue weighted by Crippen LogP contribution is -2.49. The maximum atomic E-state index is 13.9. The van der Waals surface area contributed by atoms with E-state index in [1.165, 1.54) is 17.8 Å². The van der Waals surface area contributed by atoms with E-state index in [0.29, 0.717) is 43.0 Å². The van der Waals surface area contributed by atoms with Gasteiger partial charge in [-0.1, -0.05) is 42.1 Å². The Balaban J connectivity index is 1.28. The van der Waals surface area contributed by atoms with Crippen LogP contribution in [-0.2, 0) is 4.79 Å². The summed E-state index contributed by atoms with van der Waals surface area (Å²) in [6.45, 7) is 2.34. The van der Waals surface area contributed by atoms with Crippen molar-refractivity contribution in [3.8, 4) is 11.5 Å². The minimum absolute atomic E-state index is 0.0117. The smallest absolute Gasteiger partial charge is 0.277 e. The highest BCUT2D eigenvalue weighted by atomic mass is 32.2. The molecule has 0 N–H and O–H groups in total. The molecule has 0 atom stereocenters. The molecule has 144 valence electrons. The monoisotopic (exact) mass is 398 g/mol. The highest BCUT2D eigenvalue weighted by Crippen LogP contribution is 2.24. The van der Waals surface area contributed by atoms with E-state index in [2.05, 4.69) is 10.2 Å². The zero-order valence-corrected chi connectivity index (χ0v) is 15.9. The first-order valence-corrected chi connectivity index (χ1v) is 9.98. The van der Waals surface area contributed by atoms with E-state index >= 15 is 0 Å². The highest BCUT2D eigenvalue weighted by Gasteiger charge is 2.23. The van der Waals surface area contributed by atoms with Crippen molar-refractivity contribution in [2.45, 2.75) is 5.22 Å². The number of aromatic nitrogens is 2. The molecular formula is C20H19FN4O2S. The first-order valence-electron chi connectivity index (χ1n) is 9.00. The summed E-state index contributed by atoms with van der Waals surface area (Å²) in [5, 5.41) is 8.39. The van der Waals surface area contributed by atoms with Crippen LogP contribution in [-0.4, -0.2) is 52.9 Å². The quantitative estimate of drug-likeness (QED) is 0.615. The number of carbonyl (C=O) groups excluding carboxylic acids is 1. The van der Waals surface area contributed by atoms with Crippen LogP contribution in [0.1, 0.15) is 0 Å². The number of piperazine rings is 1. The number of hydrogen-bond donors (Lipinski definition) is 0. The third-order valence-electron chi connectivity index (χ3n) is 4.57. The van der Waals surface area contributed by atoms with Gasteiger partial charge in [0.15, 0.2) is 0 Å². The zero-order valence-electron chi connectivity index (χ0n) is 15.1. The molecular weight excluding hydrogens is 379 g/mol. The van der Waals surface area contributed by atoms with E-state index in [9.17, 15) is 9.18 Å². The second kappa shape index (κ2) is 8.43. The van der Waals surface area contributed by atoms with Crippen LogP contribution < -0.4 is 4.90 Å². The molecule has 6 nitrogen and oxygen atoms in total. The number of benzene rings is 2. The molecule has 2 aromatic carbocycles. The Morgan fingerprint density at radius 1 is 1.00 bits per heavy atom. The van der Waals surface area contributed by atoms with Gasteiger partial charge in [-0.2, -0.15) is 0 Å². The Morgan fingerprint density at radius 3 is 2.46 bits per heavy atom. The normalized spacial score (nSPS) is 14.3. The van der Waals surface area contributed by atoms with Crippen LogP contribution in [0.3, 0.4) is 0 Å². The van der Waals surface area contributed by atoms with Crippen molar-refractivity contribution < 1.29 is 13.6 Å². The van der Waals surface area contributed by atoms with E-state index in [-0.39, 0.29) is 17.5 Å². The molecule has 0 unspecified atom stereocenters. The average molecular weight is 398 g/mol. The van der Waals surface area contributed by atoms with Crippen molar-refractivity contribution in [3.05, 3.63) is 60.4 Å². The van der Waals surface area contributed by atoms with Crippen molar-refractivity contribution in [2.75, 3.05) is 36.8 Å². The summed E-state index contributed by atoms with van der Waals surface area (Å²) in [4.78, 5) is 16.2. The molecule has 3 aromatic rings. The van der Waals surface area contributed by atoms with Crippen LogP contribution in [0.5, 0.6) is 0 Å². The van der Waals surface area contributed by atoms with E-state index in [0.717, 1.165) is 5.56 Å². The van der Waals surface area contributed by atoms with Crippen LogP contribution in [0, 0.1) is 5.82 Å². The lowest BCUT2D eigenvalue weighted by molar-refractivity contribution is -0.128. The second-order valence-corrected chi connectivity index (χ2v) is 7.27.